The van der Waals surface area contributed by atoms with E-state index in [1.165, 1.54) is 12.8 Å². The number of aliphatic hydroxyl groups is 1. The minimum Gasteiger partial charge on any atom is -0.394 e. The first-order valence-electron chi connectivity index (χ1n) is 4.57. The summed E-state index contributed by atoms with van der Waals surface area (Å²) in [5.74, 6) is 0. The maximum Gasteiger partial charge on any atom is 0.0803 e. The molecule has 2 nitrogen and oxygen atoms in total. The Morgan fingerprint density at radius 1 is 1.27 bits per heavy atom. The lowest BCUT2D eigenvalue weighted by Gasteiger charge is -2.12. The molecular weight excluding hydrogens is 140 g/mol. The van der Waals surface area contributed by atoms with E-state index in [1.54, 1.807) is 0 Å². The molecule has 0 aliphatic carbocycles. The molecule has 0 fully saturated rings. The van der Waals surface area contributed by atoms with Gasteiger partial charge in [0.25, 0.3) is 0 Å². The van der Waals surface area contributed by atoms with E-state index in [4.69, 9.17) is 9.84 Å². The molecule has 2 heteroatoms. The smallest absolute Gasteiger partial charge is 0.0803 e. The zero-order valence-corrected chi connectivity index (χ0v) is 7.68. The summed E-state index contributed by atoms with van der Waals surface area (Å²) in [6.07, 6.45) is 4.53. The second-order valence-electron chi connectivity index (χ2n) is 2.79. The summed E-state index contributed by atoms with van der Waals surface area (Å²) in [5, 5.41) is 8.76. The second kappa shape index (κ2) is 8.02. The largest absolute Gasteiger partial charge is 0.394 e. The molecule has 11 heavy (non-hydrogen) atoms. The van der Waals surface area contributed by atoms with Crippen LogP contribution in [0, 0.1) is 0 Å². The Balaban J connectivity index is 3.07. The third-order valence-corrected chi connectivity index (χ3v) is 1.76. The minimum atomic E-state index is 0.0619. The first-order chi connectivity index (χ1) is 5.35. The average molecular weight is 160 g/mol. The fourth-order valence-corrected chi connectivity index (χ4v) is 0.902. The van der Waals surface area contributed by atoms with Crippen LogP contribution in [0.5, 0.6) is 0 Å². The van der Waals surface area contributed by atoms with Crippen LogP contribution in [0.1, 0.15) is 39.5 Å². The number of rotatable bonds is 7. The predicted octanol–water partition coefficient (Wildman–Crippen LogP) is 1.96. The van der Waals surface area contributed by atoms with Crippen molar-refractivity contribution in [1.29, 1.82) is 0 Å². The van der Waals surface area contributed by atoms with Gasteiger partial charge in [-0.2, -0.15) is 0 Å². The molecule has 0 aliphatic rings. The summed E-state index contributed by atoms with van der Waals surface area (Å²) in [7, 11) is 0. The first-order valence-corrected chi connectivity index (χ1v) is 4.57. The Labute approximate surface area is 69.6 Å². The minimum absolute atomic E-state index is 0.0619. The van der Waals surface area contributed by atoms with E-state index in [0.717, 1.165) is 19.4 Å². The van der Waals surface area contributed by atoms with Crippen molar-refractivity contribution in [3.63, 3.8) is 0 Å². The highest BCUT2D eigenvalue weighted by molar-refractivity contribution is 4.51. The van der Waals surface area contributed by atoms with Gasteiger partial charge in [-0.3, -0.25) is 0 Å². The van der Waals surface area contributed by atoms with Gasteiger partial charge in [0.2, 0.25) is 0 Å². The van der Waals surface area contributed by atoms with Crippen LogP contribution in [-0.4, -0.2) is 24.4 Å². The maximum atomic E-state index is 8.76. The van der Waals surface area contributed by atoms with E-state index in [2.05, 4.69) is 6.92 Å². The Morgan fingerprint density at radius 2 is 2.00 bits per heavy atom. The van der Waals surface area contributed by atoms with Crippen LogP contribution in [0.25, 0.3) is 0 Å². The van der Waals surface area contributed by atoms with Gasteiger partial charge >= 0.3 is 0 Å². The van der Waals surface area contributed by atoms with Gasteiger partial charge in [0.1, 0.15) is 0 Å². The summed E-state index contributed by atoms with van der Waals surface area (Å²) in [5.41, 5.74) is 0. The molecule has 0 saturated heterocycles. The molecule has 0 heterocycles. The highest BCUT2D eigenvalue weighted by Gasteiger charge is 2.02. The van der Waals surface area contributed by atoms with E-state index in [1.807, 2.05) is 6.92 Å². The van der Waals surface area contributed by atoms with E-state index < -0.39 is 0 Å². The number of unbranched alkanes of at least 4 members (excludes halogenated alkanes) is 2. The lowest BCUT2D eigenvalue weighted by molar-refractivity contribution is 0.00943. The highest BCUT2D eigenvalue weighted by Crippen LogP contribution is 2.00. The van der Waals surface area contributed by atoms with Crippen molar-refractivity contribution in [2.45, 2.75) is 45.6 Å². The molecule has 0 bridgehead atoms. The van der Waals surface area contributed by atoms with Gasteiger partial charge in [0.05, 0.1) is 12.7 Å². The fourth-order valence-electron chi connectivity index (χ4n) is 0.902. The van der Waals surface area contributed by atoms with Gasteiger partial charge in [-0.25, -0.2) is 0 Å². The fraction of sp³-hybridized carbons (Fsp3) is 1.00. The number of aliphatic hydroxyl groups excluding tert-OH is 1. The van der Waals surface area contributed by atoms with Crippen LogP contribution in [-0.2, 0) is 4.74 Å². The molecule has 0 aliphatic heterocycles. The van der Waals surface area contributed by atoms with Crippen LogP contribution < -0.4 is 0 Å². The average Bonchev–Trinajstić information content (AvgIpc) is 2.05. The van der Waals surface area contributed by atoms with Gasteiger partial charge in [-0.1, -0.05) is 26.7 Å². The van der Waals surface area contributed by atoms with Crippen molar-refractivity contribution in [1.82, 2.24) is 0 Å². The Morgan fingerprint density at radius 3 is 2.45 bits per heavy atom. The van der Waals surface area contributed by atoms with Crippen molar-refractivity contribution in [2.24, 2.45) is 0 Å². The van der Waals surface area contributed by atoms with Crippen molar-refractivity contribution >= 4 is 0 Å². The van der Waals surface area contributed by atoms with Gasteiger partial charge in [0.15, 0.2) is 0 Å². The monoisotopic (exact) mass is 160 g/mol. The third kappa shape index (κ3) is 6.32. The lowest BCUT2D eigenvalue weighted by Crippen LogP contribution is -2.16. The van der Waals surface area contributed by atoms with Crippen molar-refractivity contribution in [2.75, 3.05) is 13.2 Å². The molecule has 0 saturated carbocycles. The quantitative estimate of drug-likeness (QED) is 0.577. The molecule has 0 spiro atoms. The highest BCUT2D eigenvalue weighted by atomic mass is 16.5. The Kier molecular flexibility index (Phi) is 7.96. The van der Waals surface area contributed by atoms with Crippen molar-refractivity contribution in [3.05, 3.63) is 0 Å². The normalized spacial score (nSPS) is 13.4. The lowest BCUT2D eigenvalue weighted by atomic mass is 10.2. The number of hydrogen-bond acceptors (Lipinski definition) is 2. The SMILES string of the molecule is CCCCCOC(CC)CO. The third-order valence-electron chi connectivity index (χ3n) is 1.76. The first kappa shape index (κ1) is 10.9. The Bertz CT molecular complexity index is 70.0. The van der Waals surface area contributed by atoms with Gasteiger partial charge in [-0.15, -0.1) is 0 Å². The molecular formula is C9H20O2. The molecule has 68 valence electrons. The summed E-state index contributed by atoms with van der Waals surface area (Å²) >= 11 is 0. The summed E-state index contributed by atoms with van der Waals surface area (Å²) in [4.78, 5) is 0. The molecule has 0 rings (SSSR count). The molecule has 1 N–H and O–H groups in total. The molecule has 0 radical (unpaired) electrons. The van der Waals surface area contributed by atoms with E-state index in [0.29, 0.717) is 0 Å². The van der Waals surface area contributed by atoms with E-state index in [9.17, 15) is 0 Å². The molecule has 0 aromatic rings. The van der Waals surface area contributed by atoms with Crippen molar-refractivity contribution < 1.29 is 9.84 Å². The van der Waals surface area contributed by atoms with Crippen LogP contribution in [0.4, 0.5) is 0 Å². The zero-order valence-electron chi connectivity index (χ0n) is 7.68. The van der Waals surface area contributed by atoms with Crippen molar-refractivity contribution in [3.8, 4) is 0 Å². The zero-order chi connectivity index (χ0) is 8.53. The topological polar surface area (TPSA) is 29.5 Å². The standard InChI is InChI=1S/C9H20O2/c1-3-5-6-7-11-9(4-2)8-10/h9-10H,3-8H2,1-2H3. The molecule has 0 aromatic carbocycles. The molecule has 0 amide bonds. The van der Waals surface area contributed by atoms with E-state index >= 15 is 0 Å². The number of ether oxygens (including phenoxy) is 1. The van der Waals surface area contributed by atoms with E-state index in [-0.39, 0.29) is 12.7 Å². The molecule has 1 atom stereocenters. The Hall–Kier alpha value is -0.0800. The summed E-state index contributed by atoms with van der Waals surface area (Å²) in [6, 6.07) is 0. The van der Waals surface area contributed by atoms with Gasteiger partial charge in [-0.05, 0) is 12.8 Å². The summed E-state index contributed by atoms with van der Waals surface area (Å²) in [6.45, 7) is 5.15. The predicted molar refractivity (Wildman–Crippen MR) is 46.6 cm³/mol. The summed E-state index contributed by atoms with van der Waals surface area (Å²) < 4.78 is 5.39. The van der Waals surface area contributed by atoms with Gasteiger partial charge < -0.3 is 9.84 Å². The van der Waals surface area contributed by atoms with Crippen LogP contribution in [0.2, 0.25) is 0 Å². The van der Waals surface area contributed by atoms with Crippen LogP contribution >= 0.6 is 0 Å². The van der Waals surface area contributed by atoms with Crippen LogP contribution in [0.3, 0.4) is 0 Å². The number of hydrogen-bond donors (Lipinski definition) is 1. The molecule has 1 unspecified atom stereocenters. The van der Waals surface area contributed by atoms with Crippen LogP contribution in [0.15, 0.2) is 0 Å². The maximum absolute atomic E-state index is 8.76. The second-order valence-corrected chi connectivity index (χ2v) is 2.79. The van der Waals surface area contributed by atoms with Gasteiger partial charge in [0, 0.05) is 6.61 Å². The molecule has 0 aromatic heterocycles.